The van der Waals surface area contributed by atoms with Crippen LogP contribution in [-0.4, -0.2) is 53.7 Å². The van der Waals surface area contributed by atoms with Crippen molar-refractivity contribution in [2.45, 2.75) is 0 Å². The standard InChI is InChI=1S/C23H21N3O4/c27-21(17-7-2-1-3-8-17)24-19-10-5-4-9-18(19)22(28)25-12-14-26(15-13-25)23(29)20-11-6-16-30-20/h1-11,16H,12-15H2,(H,24,27). The monoisotopic (exact) mass is 403 g/mol. The van der Waals surface area contributed by atoms with Gasteiger partial charge in [-0.3, -0.25) is 14.4 Å². The number of carbonyl (C=O) groups excluding carboxylic acids is 3. The quantitative estimate of drug-likeness (QED) is 0.726. The maximum atomic E-state index is 13.1. The molecular weight excluding hydrogens is 382 g/mol. The summed E-state index contributed by atoms with van der Waals surface area (Å²) in [6.07, 6.45) is 1.47. The van der Waals surface area contributed by atoms with Gasteiger partial charge in [0.25, 0.3) is 17.7 Å². The first-order valence-corrected chi connectivity index (χ1v) is 9.71. The van der Waals surface area contributed by atoms with Crippen LogP contribution in [0.1, 0.15) is 31.3 Å². The number of para-hydroxylation sites is 1. The molecule has 0 radical (unpaired) electrons. The summed E-state index contributed by atoms with van der Waals surface area (Å²) in [4.78, 5) is 41.4. The molecule has 0 spiro atoms. The van der Waals surface area contributed by atoms with Crippen LogP contribution in [0.5, 0.6) is 0 Å². The lowest BCUT2D eigenvalue weighted by molar-refractivity contribution is 0.0518. The summed E-state index contributed by atoms with van der Waals surface area (Å²) in [6.45, 7) is 1.66. The Hall–Kier alpha value is -3.87. The van der Waals surface area contributed by atoms with Crippen LogP contribution in [0.4, 0.5) is 5.69 Å². The molecule has 0 saturated carbocycles. The largest absolute Gasteiger partial charge is 0.459 e. The molecule has 1 fully saturated rings. The van der Waals surface area contributed by atoms with Crippen LogP contribution >= 0.6 is 0 Å². The second-order valence-corrected chi connectivity index (χ2v) is 6.93. The predicted octanol–water partition coefficient (Wildman–Crippen LogP) is 3.13. The Morgan fingerprint density at radius 1 is 0.733 bits per heavy atom. The third kappa shape index (κ3) is 4.10. The van der Waals surface area contributed by atoms with E-state index in [9.17, 15) is 14.4 Å². The first kappa shape index (κ1) is 19.4. The maximum absolute atomic E-state index is 13.1. The van der Waals surface area contributed by atoms with Gasteiger partial charge in [0.15, 0.2) is 5.76 Å². The first-order valence-electron chi connectivity index (χ1n) is 9.71. The van der Waals surface area contributed by atoms with Crippen LogP contribution in [0, 0.1) is 0 Å². The molecule has 7 heteroatoms. The number of furan rings is 1. The number of benzene rings is 2. The van der Waals surface area contributed by atoms with Gasteiger partial charge in [0, 0.05) is 31.7 Å². The SMILES string of the molecule is O=C(Nc1ccccc1C(=O)N1CCN(C(=O)c2ccco2)CC1)c1ccccc1. The maximum Gasteiger partial charge on any atom is 0.289 e. The lowest BCUT2D eigenvalue weighted by Crippen LogP contribution is -2.50. The number of hydrogen-bond donors (Lipinski definition) is 1. The van der Waals surface area contributed by atoms with Crippen molar-refractivity contribution in [2.24, 2.45) is 0 Å². The summed E-state index contributed by atoms with van der Waals surface area (Å²) in [7, 11) is 0. The molecule has 0 atom stereocenters. The van der Waals surface area contributed by atoms with E-state index in [1.165, 1.54) is 6.26 Å². The second kappa shape index (κ2) is 8.65. The van der Waals surface area contributed by atoms with Crippen LogP contribution in [-0.2, 0) is 0 Å². The summed E-state index contributed by atoms with van der Waals surface area (Å²) in [6, 6.07) is 19.1. The molecule has 2 aromatic carbocycles. The van der Waals surface area contributed by atoms with Crippen molar-refractivity contribution < 1.29 is 18.8 Å². The number of rotatable bonds is 4. The molecule has 1 saturated heterocycles. The van der Waals surface area contributed by atoms with Crippen molar-refractivity contribution in [1.29, 1.82) is 0 Å². The van der Waals surface area contributed by atoms with E-state index in [1.807, 2.05) is 6.07 Å². The number of nitrogens with zero attached hydrogens (tertiary/aromatic N) is 2. The van der Waals surface area contributed by atoms with Crippen LogP contribution < -0.4 is 5.32 Å². The van der Waals surface area contributed by atoms with Gasteiger partial charge in [-0.15, -0.1) is 0 Å². The number of hydrogen-bond acceptors (Lipinski definition) is 4. The van der Waals surface area contributed by atoms with E-state index in [2.05, 4.69) is 5.32 Å². The average molecular weight is 403 g/mol. The first-order chi connectivity index (χ1) is 14.6. The molecule has 30 heavy (non-hydrogen) atoms. The van der Waals surface area contributed by atoms with Crippen LogP contribution in [0.2, 0.25) is 0 Å². The van der Waals surface area contributed by atoms with E-state index in [-0.39, 0.29) is 17.7 Å². The zero-order chi connectivity index (χ0) is 20.9. The van der Waals surface area contributed by atoms with Gasteiger partial charge in [0.05, 0.1) is 17.5 Å². The van der Waals surface area contributed by atoms with E-state index in [0.29, 0.717) is 48.8 Å². The minimum absolute atomic E-state index is 0.177. The summed E-state index contributed by atoms with van der Waals surface area (Å²) < 4.78 is 5.17. The Balaban J connectivity index is 1.43. The topological polar surface area (TPSA) is 82.9 Å². The van der Waals surface area contributed by atoms with Crippen LogP contribution in [0.3, 0.4) is 0 Å². The van der Waals surface area contributed by atoms with Gasteiger partial charge in [-0.1, -0.05) is 30.3 Å². The van der Waals surface area contributed by atoms with Crippen molar-refractivity contribution in [2.75, 3.05) is 31.5 Å². The van der Waals surface area contributed by atoms with Crippen molar-refractivity contribution >= 4 is 23.4 Å². The Labute approximate surface area is 173 Å². The molecule has 3 amide bonds. The van der Waals surface area contributed by atoms with E-state index in [0.717, 1.165) is 0 Å². The molecule has 7 nitrogen and oxygen atoms in total. The molecule has 2 heterocycles. The molecule has 1 N–H and O–H groups in total. The zero-order valence-electron chi connectivity index (χ0n) is 16.3. The number of amides is 3. The Morgan fingerprint density at radius 2 is 1.37 bits per heavy atom. The molecule has 1 aliphatic rings. The molecule has 0 aliphatic carbocycles. The van der Waals surface area contributed by atoms with Crippen molar-refractivity contribution in [3.8, 4) is 0 Å². The molecule has 4 rings (SSSR count). The fourth-order valence-electron chi connectivity index (χ4n) is 3.40. The lowest BCUT2D eigenvalue weighted by atomic mass is 10.1. The molecule has 1 aromatic heterocycles. The minimum Gasteiger partial charge on any atom is -0.459 e. The fourth-order valence-corrected chi connectivity index (χ4v) is 3.40. The smallest absolute Gasteiger partial charge is 0.289 e. The Morgan fingerprint density at radius 3 is 2.03 bits per heavy atom. The highest BCUT2D eigenvalue weighted by Gasteiger charge is 2.27. The van der Waals surface area contributed by atoms with Gasteiger partial charge in [-0.05, 0) is 36.4 Å². The number of nitrogens with one attached hydrogen (secondary N) is 1. The zero-order valence-corrected chi connectivity index (χ0v) is 16.3. The molecule has 152 valence electrons. The van der Waals surface area contributed by atoms with Crippen molar-refractivity contribution in [1.82, 2.24) is 9.80 Å². The predicted molar refractivity (Wildman–Crippen MR) is 111 cm³/mol. The van der Waals surface area contributed by atoms with Crippen LogP contribution in [0.15, 0.2) is 77.4 Å². The van der Waals surface area contributed by atoms with E-state index >= 15 is 0 Å². The van der Waals surface area contributed by atoms with E-state index in [1.54, 1.807) is 70.5 Å². The van der Waals surface area contributed by atoms with Gasteiger partial charge in [-0.2, -0.15) is 0 Å². The van der Waals surface area contributed by atoms with Gasteiger partial charge >= 0.3 is 0 Å². The molecule has 0 bridgehead atoms. The van der Waals surface area contributed by atoms with Gasteiger partial charge in [0.2, 0.25) is 0 Å². The second-order valence-electron chi connectivity index (χ2n) is 6.93. The Kier molecular flexibility index (Phi) is 5.61. The molecular formula is C23H21N3O4. The Bertz CT molecular complexity index is 1040. The molecule has 3 aromatic rings. The highest BCUT2D eigenvalue weighted by molar-refractivity contribution is 6.09. The molecule has 1 aliphatic heterocycles. The van der Waals surface area contributed by atoms with Crippen LogP contribution in [0.25, 0.3) is 0 Å². The normalized spacial score (nSPS) is 13.7. The summed E-state index contributed by atoms with van der Waals surface area (Å²) >= 11 is 0. The number of piperazine rings is 1. The third-order valence-corrected chi connectivity index (χ3v) is 5.03. The number of carbonyl (C=O) groups is 3. The third-order valence-electron chi connectivity index (χ3n) is 5.03. The summed E-state index contributed by atoms with van der Waals surface area (Å²) in [5, 5.41) is 2.83. The fraction of sp³-hybridized carbons (Fsp3) is 0.174. The highest BCUT2D eigenvalue weighted by Crippen LogP contribution is 2.20. The summed E-state index contributed by atoms with van der Waals surface area (Å²) in [5.41, 5.74) is 1.41. The minimum atomic E-state index is -0.273. The average Bonchev–Trinajstić information content (AvgIpc) is 3.34. The van der Waals surface area contributed by atoms with E-state index < -0.39 is 0 Å². The summed E-state index contributed by atoms with van der Waals surface area (Å²) in [5.74, 6) is -0.333. The highest BCUT2D eigenvalue weighted by atomic mass is 16.3. The number of anilines is 1. The molecule has 0 unspecified atom stereocenters. The van der Waals surface area contributed by atoms with E-state index in [4.69, 9.17) is 4.42 Å². The van der Waals surface area contributed by atoms with Crippen molar-refractivity contribution in [3.63, 3.8) is 0 Å². The lowest BCUT2D eigenvalue weighted by Gasteiger charge is -2.34. The van der Waals surface area contributed by atoms with Gasteiger partial charge in [0.1, 0.15) is 0 Å². The van der Waals surface area contributed by atoms with Crippen molar-refractivity contribution in [3.05, 3.63) is 89.9 Å². The van der Waals surface area contributed by atoms with Gasteiger partial charge in [-0.25, -0.2) is 0 Å². The van der Waals surface area contributed by atoms with Gasteiger partial charge < -0.3 is 19.5 Å².